The Hall–Kier alpha value is -3.50. The fourth-order valence-corrected chi connectivity index (χ4v) is 3.86. The summed E-state index contributed by atoms with van der Waals surface area (Å²) in [5.41, 5.74) is 2.23. The molecule has 2 N–H and O–H groups in total. The summed E-state index contributed by atoms with van der Waals surface area (Å²) in [7, 11) is 0. The summed E-state index contributed by atoms with van der Waals surface area (Å²) in [5.74, 6) is -1.66. The van der Waals surface area contributed by atoms with Crippen molar-refractivity contribution in [3.05, 3.63) is 79.8 Å². The number of aryl methyl sites for hydroxylation is 1. The lowest BCUT2D eigenvalue weighted by atomic mass is 10.0. The van der Waals surface area contributed by atoms with Crippen LogP contribution in [0, 0.1) is 23.0 Å². The Kier molecular flexibility index (Phi) is 8.19. The van der Waals surface area contributed by atoms with Crippen molar-refractivity contribution in [2.75, 3.05) is 5.32 Å². The summed E-state index contributed by atoms with van der Waals surface area (Å²) in [4.78, 5) is 40.2. The number of esters is 1. The van der Waals surface area contributed by atoms with Gasteiger partial charge in [0, 0.05) is 23.2 Å². The molecule has 11 heteroatoms. The maximum atomic E-state index is 12.7. The molecule has 178 valence electrons. The highest BCUT2D eigenvalue weighted by Crippen LogP contribution is 2.23. The van der Waals surface area contributed by atoms with Gasteiger partial charge in [0.05, 0.1) is 21.2 Å². The first-order valence-corrected chi connectivity index (χ1v) is 11.6. The summed E-state index contributed by atoms with van der Waals surface area (Å²) in [6.45, 7) is 5.42. The van der Waals surface area contributed by atoms with Gasteiger partial charge in [0.15, 0.2) is 5.13 Å². The second kappa shape index (κ2) is 11.1. The standard InChI is InChI=1S/C23H23ClN4O5S/c1-13(2)20(27-21(29)18-10-17(28(31)32)8-9-19(18)24)22(30)33-11-16-12-34-23(26-16)25-15-6-4-14(3)5-7-15/h4-10,12-13,20H,11H2,1-3H3,(H,25,26)(H,27,29). The highest BCUT2D eigenvalue weighted by atomic mass is 35.5. The quantitative estimate of drug-likeness (QED) is 0.232. The van der Waals surface area contributed by atoms with Crippen molar-refractivity contribution in [2.24, 2.45) is 5.92 Å². The van der Waals surface area contributed by atoms with Crippen molar-refractivity contribution in [1.82, 2.24) is 10.3 Å². The second-order valence-electron chi connectivity index (χ2n) is 7.86. The number of nitro groups is 1. The molecule has 1 atom stereocenters. The minimum atomic E-state index is -0.980. The van der Waals surface area contributed by atoms with Gasteiger partial charge in [-0.3, -0.25) is 14.9 Å². The zero-order valence-electron chi connectivity index (χ0n) is 18.7. The fraction of sp³-hybridized carbons (Fsp3) is 0.261. The van der Waals surface area contributed by atoms with Crippen LogP contribution in [0.1, 0.15) is 35.5 Å². The van der Waals surface area contributed by atoms with E-state index in [4.69, 9.17) is 16.3 Å². The Morgan fingerprint density at radius 1 is 1.21 bits per heavy atom. The molecule has 0 aliphatic rings. The first kappa shape index (κ1) is 25.1. The number of hydrogen-bond donors (Lipinski definition) is 2. The van der Waals surface area contributed by atoms with Crippen molar-refractivity contribution in [3.63, 3.8) is 0 Å². The average molecular weight is 503 g/mol. The van der Waals surface area contributed by atoms with Gasteiger partial charge in [0.2, 0.25) is 0 Å². The van der Waals surface area contributed by atoms with E-state index in [1.165, 1.54) is 23.5 Å². The lowest BCUT2D eigenvalue weighted by Crippen LogP contribution is -2.45. The van der Waals surface area contributed by atoms with Gasteiger partial charge >= 0.3 is 5.97 Å². The SMILES string of the molecule is Cc1ccc(Nc2nc(COC(=O)C(NC(=O)c3cc([N+](=O)[O-])ccc3Cl)C(C)C)cs2)cc1. The Balaban J connectivity index is 1.62. The molecular formula is C23H23ClN4O5S. The first-order valence-electron chi connectivity index (χ1n) is 10.3. The molecule has 3 aromatic rings. The summed E-state index contributed by atoms with van der Waals surface area (Å²) in [6, 6.07) is 10.4. The topological polar surface area (TPSA) is 123 Å². The van der Waals surface area contributed by atoms with Gasteiger partial charge < -0.3 is 15.4 Å². The van der Waals surface area contributed by atoms with Crippen molar-refractivity contribution in [3.8, 4) is 0 Å². The Morgan fingerprint density at radius 2 is 1.91 bits per heavy atom. The third-order valence-corrected chi connectivity index (χ3v) is 5.97. The van der Waals surface area contributed by atoms with Crippen LogP contribution in [0.4, 0.5) is 16.5 Å². The van der Waals surface area contributed by atoms with Gasteiger partial charge in [-0.25, -0.2) is 9.78 Å². The van der Waals surface area contributed by atoms with Crippen LogP contribution < -0.4 is 10.6 Å². The lowest BCUT2D eigenvalue weighted by molar-refractivity contribution is -0.384. The average Bonchev–Trinajstić information content (AvgIpc) is 3.24. The van der Waals surface area contributed by atoms with E-state index >= 15 is 0 Å². The molecule has 34 heavy (non-hydrogen) atoms. The van der Waals surface area contributed by atoms with E-state index in [0.29, 0.717) is 10.8 Å². The molecule has 0 radical (unpaired) electrons. The predicted octanol–water partition coefficient (Wildman–Crippen LogP) is 5.25. The van der Waals surface area contributed by atoms with Gasteiger partial charge in [0.1, 0.15) is 12.6 Å². The zero-order valence-corrected chi connectivity index (χ0v) is 20.3. The molecule has 0 fully saturated rings. The Bertz CT molecular complexity index is 1200. The molecule has 1 aromatic heterocycles. The summed E-state index contributed by atoms with van der Waals surface area (Å²) < 4.78 is 5.38. The van der Waals surface area contributed by atoms with Gasteiger partial charge in [-0.1, -0.05) is 43.1 Å². The van der Waals surface area contributed by atoms with E-state index < -0.39 is 22.8 Å². The number of hydrogen-bond acceptors (Lipinski definition) is 8. The summed E-state index contributed by atoms with van der Waals surface area (Å²) >= 11 is 7.41. The van der Waals surface area contributed by atoms with E-state index in [1.807, 2.05) is 31.2 Å². The van der Waals surface area contributed by atoms with E-state index in [0.717, 1.165) is 17.3 Å². The highest BCUT2D eigenvalue weighted by Gasteiger charge is 2.28. The van der Waals surface area contributed by atoms with Crippen LogP contribution in [0.15, 0.2) is 47.8 Å². The van der Waals surface area contributed by atoms with Gasteiger partial charge in [-0.2, -0.15) is 0 Å². The number of nitrogens with zero attached hydrogens (tertiary/aromatic N) is 2. The van der Waals surface area contributed by atoms with Crippen LogP contribution in [0.3, 0.4) is 0 Å². The molecule has 1 unspecified atom stereocenters. The maximum Gasteiger partial charge on any atom is 0.329 e. The molecule has 0 saturated heterocycles. The fourth-order valence-electron chi connectivity index (χ4n) is 2.94. The number of carbonyl (C=O) groups excluding carboxylic acids is 2. The molecule has 0 saturated carbocycles. The van der Waals surface area contributed by atoms with Crippen molar-refractivity contribution in [1.29, 1.82) is 0 Å². The van der Waals surface area contributed by atoms with Gasteiger partial charge in [-0.15, -0.1) is 11.3 Å². The van der Waals surface area contributed by atoms with Crippen LogP contribution in [0.2, 0.25) is 5.02 Å². The number of benzene rings is 2. The first-order chi connectivity index (χ1) is 16.1. The number of anilines is 2. The molecule has 1 amide bonds. The number of amides is 1. The number of carbonyl (C=O) groups is 2. The number of ether oxygens (including phenoxy) is 1. The third-order valence-electron chi connectivity index (χ3n) is 4.83. The van der Waals surface area contributed by atoms with Gasteiger partial charge in [0.25, 0.3) is 11.6 Å². The molecule has 0 spiro atoms. The van der Waals surface area contributed by atoms with Crippen LogP contribution in [0.25, 0.3) is 0 Å². The number of rotatable bonds is 9. The number of nitrogens with one attached hydrogen (secondary N) is 2. The normalized spacial score (nSPS) is 11.7. The molecule has 2 aromatic carbocycles. The van der Waals surface area contributed by atoms with Crippen molar-refractivity contribution in [2.45, 2.75) is 33.4 Å². The van der Waals surface area contributed by atoms with Crippen molar-refractivity contribution < 1.29 is 19.2 Å². The van der Waals surface area contributed by atoms with Crippen LogP contribution in [0.5, 0.6) is 0 Å². The number of nitro benzene ring substituents is 1. The maximum absolute atomic E-state index is 12.7. The molecular weight excluding hydrogens is 480 g/mol. The van der Waals surface area contributed by atoms with Gasteiger partial charge in [-0.05, 0) is 31.0 Å². The molecule has 0 bridgehead atoms. The van der Waals surface area contributed by atoms with Crippen molar-refractivity contribution >= 4 is 51.3 Å². The molecule has 3 rings (SSSR count). The van der Waals surface area contributed by atoms with E-state index in [2.05, 4.69) is 15.6 Å². The zero-order chi connectivity index (χ0) is 24.8. The highest BCUT2D eigenvalue weighted by molar-refractivity contribution is 7.13. The Labute approximate surface area is 205 Å². The second-order valence-corrected chi connectivity index (χ2v) is 9.12. The van der Waals surface area contributed by atoms with Crippen LogP contribution >= 0.6 is 22.9 Å². The van der Waals surface area contributed by atoms with Crippen LogP contribution in [-0.4, -0.2) is 27.8 Å². The predicted molar refractivity (Wildman–Crippen MR) is 131 cm³/mol. The molecule has 9 nitrogen and oxygen atoms in total. The van der Waals surface area contributed by atoms with Crippen LogP contribution in [-0.2, 0) is 16.1 Å². The van der Waals surface area contributed by atoms with E-state index in [-0.39, 0.29) is 28.8 Å². The molecule has 0 aliphatic carbocycles. The minimum absolute atomic E-state index is 0.0371. The number of thiazole rings is 1. The largest absolute Gasteiger partial charge is 0.458 e. The number of halogens is 1. The minimum Gasteiger partial charge on any atom is -0.458 e. The summed E-state index contributed by atoms with van der Waals surface area (Å²) in [5, 5.41) is 19.2. The third kappa shape index (κ3) is 6.52. The smallest absolute Gasteiger partial charge is 0.329 e. The molecule has 1 heterocycles. The van der Waals surface area contributed by atoms with E-state index in [9.17, 15) is 19.7 Å². The number of aromatic nitrogens is 1. The lowest BCUT2D eigenvalue weighted by Gasteiger charge is -2.21. The summed E-state index contributed by atoms with van der Waals surface area (Å²) in [6.07, 6.45) is 0. The van der Waals surface area contributed by atoms with E-state index in [1.54, 1.807) is 19.2 Å². The monoisotopic (exact) mass is 502 g/mol. The molecule has 0 aliphatic heterocycles. The Morgan fingerprint density at radius 3 is 2.56 bits per heavy atom. The number of non-ortho nitro benzene ring substituents is 1.